The second-order valence-electron chi connectivity index (χ2n) is 6.02. The highest BCUT2D eigenvalue weighted by atomic mass is 16.5. The Balaban J connectivity index is 1.69. The van der Waals surface area contributed by atoms with E-state index in [2.05, 4.69) is 33.5 Å². The Morgan fingerprint density at radius 3 is 2.36 bits per heavy atom. The molecule has 0 spiro atoms. The van der Waals surface area contributed by atoms with Crippen molar-refractivity contribution in [2.75, 3.05) is 26.6 Å². The molecular weight excluding hydrogens is 356 g/mol. The van der Waals surface area contributed by atoms with Gasteiger partial charge in [0.25, 0.3) is 0 Å². The van der Waals surface area contributed by atoms with Gasteiger partial charge in [0.1, 0.15) is 5.82 Å². The summed E-state index contributed by atoms with van der Waals surface area (Å²) < 4.78 is 18.2. The van der Waals surface area contributed by atoms with Crippen LogP contribution in [0.15, 0.2) is 60.9 Å². The van der Waals surface area contributed by atoms with E-state index >= 15 is 0 Å². The van der Waals surface area contributed by atoms with Crippen LogP contribution in [0.2, 0.25) is 0 Å². The van der Waals surface area contributed by atoms with Gasteiger partial charge in [-0.2, -0.15) is 4.98 Å². The van der Waals surface area contributed by atoms with Crippen LogP contribution in [0.5, 0.6) is 17.2 Å². The molecule has 0 amide bonds. The average molecular weight is 376 g/mol. The van der Waals surface area contributed by atoms with Crippen molar-refractivity contribution in [3.05, 3.63) is 60.9 Å². The molecule has 2 aromatic carbocycles. The van der Waals surface area contributed by atoms with Gasteiger partial charge in [-0.3, -0.25) is 0 Å². The van der Waals surface area contributed by atoms with Crippen molar-refractivity contribution >= 4 is 22.5 Å². The average Bonchev–Trinajstić information content (AvgIpc) is 3.17. The number of hydrogen-bond acceptors (Lipinski definition) is 6. The number of benzene rings is 2. The summed E-state index contributed by atoms with van der Waals surface area (Å²) in [6, 6.07) is 15.7. The van der Waals surface area contributed by atoms with E-state index in [0.717, 1.165) is 22.4 Å². The van der Waals surface area contributed by atoms with E-state index in [9.17, 15) is 0 Å². The molecule has 7 nitrogen and oxygen atoms in total. The zero-order valence-electron chi connectivity index (χ0n) is 15.8. The number of methoxy groups -OCH3 is 3. The van der Waals surface area contributed by atoms with Crippen LogP contribution >= 0.6 is 0 Å². The van der Waals surface area contributed by atoms with E-state index in [1.165, 1.54) is 0 Å². The molecule has 0 aliphatic carbocycles. The quantitative estimate of drug-likeness (QED) is 0.544. The Labute approximate surface area is 162 Å². The first-order valence-corrected chi connectivity index (χ1v) is 8.70. The molecule has 4 rings (SSSR count). The summed E-state index contributed by atoms with van der Waals surface area (Å²) in [5, 5.41) is 4.36. The maximum absolute atomic E-state index is 5.40. The molecule has 2 aromatic heterocycles. The van der Waals surface area contributed by atoms with Crippen LogP contribution in [0.1, 0.15) is 0 Å². The molecule has 0 aliphatic heterocycles. The van der Waals surface area contributed by atoms with Crippen LogP contribution in [-0.4, -0.2) is 35.9 Å². The lowest BCUT2D eigenvalue weighted by molar-refractivity contribution is 0.324. The van der Waals surface area contributed by atoms with Gasteiger partial charge < -0.3 is 24.1 Å². The molecule has 142 valence electrons. The van der Waals surface area contributed by atoms with Gasteiger partial charge in [0.2, 0.25) is 11.7 Å². The number of nitrogens with one attached hydrogen (secondary N) is 1. The third kappa shape index (κ3) is 3.18. The fraction of sp³-hybridized carbons (Fsp3) is 0.143. The summed E-state index contributed by atoms with van der Waals surface area (Å²) in [6.07, 6.45) is 3.72. The fourth-order valence-electron chi connectivity index (χ4n) is 3.11. The van der Waals surface area contributed by atoms with E-state index in [1.807, 2.05) is 41.1 Å². The number of aromatic nitrogens is 3. The molecule has 4 aromatic rings. The number of hydrogen-bond donors (Lipinski definition) is 1. The number of rotatable bonds is 6. The van der Waals surface area contributed by atoms with E-state index in [-0.39, 0.29) is 0 Å². The monoisotopic (exact) mass is 376 g/mol. The summed E-state index contributed by atoms with van der Waals surface area (Å²) in [4.78, 5) is 8.97. The summed E-state index contributed by atoms with van der Waals surface area (Å²) in [5.41, 5.74) is 1.81. The van der Waals surface area contributed by atoms with Crippen molar-refractivity contribution in [3.63, 3.8) is 0 Å². The van der Waals surface area contributed by atoms with Gasteiger partial charge in [0, 0.05) is 30.2 Å². The highest BCUT2D eigenvalue weighted by Gasteiger charge is 2.14. The van der Waals surface area contributed by atoms with Gasteiger partial charge >= 0.3 is 0 Å². The highest BCUT2D eigenvalue weighted by Crippen LogP contribution is 2.40. The largest absolute Gasteiger partial charge is 0.493 e. The number of fused-ring (bicyclic) bond motifs is 1. The smallest absolute Gasteiger partial charge is 0.229 e. The van der Waals surface area contributed by atoms with Gasteiger partial charge in [0.05, 0.1) is 26.8 Å². The standard InChI is InChI=1S/C21H20N4O3/c1-26-17-12-15(13-18(27-2)20(17)28-3)23-21-22-10-8-19(24-21)25-11-9-14-6-4-5-7-16(14)25/h4-13H,1-3H3,(H,22,23,24). The van der Waals surface area contributed by atoms with Crippen LogP contribution in [0.4, 0.5) is 11.6 Å². The maximum Gasteiger partial charge on any atom is 0.229 e. The molecule has 0 unspecified atom stereocenters. The van der Waals surface area contributed by atoms with Gasteiger partial charge in [-0.15, -0.1) is 0 Å². The molecule has 0 saturated heterocycles. The number of nitrogens with zero attached hydrogens (tertiary/aromatic N) is 3. The minimum Gasteiger partial charge on any atom is -0.493 e. The van der Waals surface area contributed by atoms with Crippen molar-refractivity contribution in [3.8, 4) is 23.1 Å². The first-order valence-electron chi connectivity index (χ1n) is 8.70. The van der Waals surface area contributed by atoms with Crippen LogP contribution < -0.4 is 19.5 Å². The Kier molecular flexibility index (Phi) is 4.72. The minimum absolute atomic E-state index is 0.463. The zero-order chi connectivity index (χ0) is 19.5. The lowest BCUT2D eigenvalue weighted by atomic mass is 10.2. The summed E-state index contributed by atoms with van der Waals surface area (Å²) in [7, 11) is 4.73. The second-order valence-corrected chi connectivity index (χ2v) is 6.02. The summed E-state index contributed by atoms with van der Waals surface area (Å²) in [5.74, 6) is 2.87. The van der Waals surface area contributed by atoms with Crippen LogP contribution in [0, 0.1) is 0 Å². The lowest BCUT2D eigenvalue weighted by Gasteiger charge is -2.15. The van der Waals surface area contributed by atoms with Crippen molar-refractivity contribution in [1.29, 1.82) is 0 Å². The van der Waals surface area contributed by atoms with Gasteiger partial charge in [0.15, 0.2) is 11.5 Å². The van der Waals surface area contributed by atoms with E-state index in [4.69, 9.17) is 14.2 Å². The van der Waals surface area contributed by atoms with Crippen LogP contribution in [-0.2, 0) is 0 Å². The molecule has 7 heteroatoms. The third-order valence-electron chi connectivity index (χ3n) is 4.41. The van der Waals surface area contributed by atoms with Crippen molar-refractivity contribution in [2.45, 2.75) is 0 Å². The number of para-hydroxylation sites is 1. The molecule has 0 aliphatic rings. The predicted molar refractivity (Wildman–Crippen MR) is 108 cm³/mol. The third-order valence-corrected chi connectivity index (χ3v) is 4.41. The van der Waals surface area contributed by atoms with Gasteiger partial charge in [-0.1, -0.05) is 18.2 Å². The number of anilines is 2. The van der Waals surface area contributed by atoms with Gasteiger partial charge in [-0.05, 0) is 23.6 Å². The van der Waals surface area contributed by atoms with Crippen molar-refractivity contribution < 1.29 is 14.2 Å². The summed E-state index contributed by atoms with van der Waals surface area (Å²) in [6.45, 7) is 0. The molecule has 0 bridgehead atoms. The molecule has 0 saturated carbocycles. The number of ether oxygens (including phenoxy) is 3. The predicted octanol–water partition coefficient (Wildman–Crippen LogP) is 4.19. The Hall–Kier alpha value is -3.74. The fourth-order valence-corrected chi connectivity index (χ4v) is 3.11. The Morgan fingerprint density at radius 1 is 0.893 bits per heavy atom. The van der Waals surface area contributed by atoms with Crippen molar-refractivity contribution in [1.82, 2.24) is 14.5 Å². The molecule has 1 N–H and O–H groups in total. The normalized spacial score (nSPS) is 10.7. The summed E-state index contributed by atoms with van der Waals surface area (Å²) >= 11 is 0. The molecular formula is C21H20N4O3. The molecule has 0 fully saturated rings. The molecule has 2 heterocycles. The maximum atomic E-state index is 5.40. The molecule has 28 heavy (non-hydrogen) atoms. The lowest BCUT2D eigenvalue weighted by Crippen LogP contribution is -2.03. The van der Waals surface area contributed by atoms with E-state index in [0.29, 0.717) is 23.2 Å². The zero-order valence-corrected chi connectivity index (χ0v) is 15.8. The van der Waals surface area contributed by atoms with E-state index < -0.39 is 0 Å². The van der Waals surface area contributed by atoms with Crippen molar-refractivity contribution in [2.24, 2.45) is 0 Å². The molecule has 0 atom stereocenters. The Bertz CT molecular complexity index is 1100. The second kappa shape index (κ2) is 7.48. The molecule has 0 radical (unpaired) electrons. The Morgan fingerprint density at radius 2 is 1.64 bits per heavy atom. The van der Waals surface area contributed by atoms with Gasteiger partial charge in [-0.25, -0.2) is 4.98 Å². The van der Waals surface area contributed by atoms with Crippen LogP contribution in [0.3, 0.4) is 0 Å². The minimum atomic E-state index is 0.463. The topological polar surface area (TPSA) is 70.4 Å². The van der Waals surface area contributed by atoms with E-state index in [1.54, 1.807) is 27.5 Å². The van der Waals surface area contributed by atoms with Crippen LogP contribution in [0.25, 0.3) is 16.7 Å². The first-order chi connectivity index (χ1) is 13.7. The highest BCUT2D eigenvalue weighted by molar-refractivity contribution is 5.81. The SMILES string of the molecule is COc1cc(Nc2nccc(-n3ccc4ccccc43)n2)cc(OC)c1OC. The first kappa shape index (κ1) is 17.7.